The molecule has 0 aliphatic rings. The smallest absolute Gasteiger partial charge is 0.325 e. The third kappa shape index (κ3) is 3.60. The molecule has 0 bridgehead atoms. The first-order chi connectivity index (χ1) is 8.89. The third-order valence-electron chi connectivity index (χ3n) is 2.78. The summed E-state index contributed by atoms with van der Waals surface area (Å²) in [6.07, 6.45) is 0. The van der Waals surface area contributed by atoms with Gasteiger partial charge in [-0.15, -0.1) is 0 Å². The molecule has 0 spiro atoms. The average molecular weight is 308 g/mol. The Labute approximate surface area is 118 Å². The highest BCUT2D eigenvalue weighted by molar-refractivity contribution is 8.10. The van der Waals surface area contributed by atoms with Crippen LogP contribution in [0.2, 0.25) is 0 Å². The molecule has 0 fully saturated rings. The van der Waals surface area contributed by atoms with E-state index in [1.165, 1.54) is 6.92 Å². The van der Waals surface area contributed by atoms with Crippen molar-refractivity contribution in [1.29, 1.82) is 0 Å². The molecular weight excluding hydrogens is 289 g/mol. The van der Waals surface area contributed by atoms with E-state index >= 15 is 0 Å². The molecule has 1 aromatic carbocycles. The molecule has 1 atom stereocenters. The molecular formula is C13H19F2O2PS. The second-order valence-electron chi connectivity index (χ2n) is 4.05. The molecule has 6 heteroatoms. The van der Waals surface area contributed by atoms with Crippen LogP contribution in [0.4, 0.5) is 8.78 Å². The summed E-state index contributed by atoms with van der Waals surface area (Å²) in [7, 11) is 0. The maximum Gasteiger partial charge on any atom is 0.327 e. The van der Waals surface area contributed by atoms with Crippen molar-refractivity contribution < 1.29 is 17.8 Å². The minimum atomic E-state index is -3.64. The van der Waals surface area contributed by atoms with Gasteiger partial charge in [0.15, 0.2) is 0 Å². The van der Waals surface area contributed by atoms with E-state index in [4.69, 9.17) is 20.9 Å². The van der Waals surface area contributed by atoms with Crippen molar-refractivity contribution >= 4 is 18.3 Å². The lowest BCUT2D eigenvalue weighted by molar-refractivity contribution is 0.0362. The molecule has 1 rings (SSSR count). The molecule has 0 heterocycles. The molecule has 0 aliphatic heterocycles. The van der Waals surface area contributed by atoms with Gasteiger partial charge in [-0.3, -0.25) is 0 Å². The summed E-state index contributed by atoms with van der Waals surface area (Å²) in [5, 5.41) is 0. The molecule has 2 nitrogen and oxygen atoms in total. The van der Waals surface area contributed by atoms with Crippen molar-refractivity contribution in [2.45, 2.75) is 32.4 Å². The van der Waals surface area contributed by atoms with Crippen molar-refractivity contribution in [3.63, 3.8) is 0 Å². The van der Waals surface area contributed by atoms with Crippen LogP contribution >= 0.6 is 6.49 Å². The first-order valence-electron chi connectivity index (χ1n) is 6.21. The second-order valence-corrected chi connectivity index (χ2v) is 7.60. The molecule has 0 amide bonds. The van der Waals surface area contributed by atoms with E-state index in [1.54, 1.807) is 44.2 Å². The lowest BCUT2D eigenvalue weighted by Crippen LogP contribution is -2.27. The van der Waals surface area contributed by atoms with Crippen molar-refractivity contribution in [2.75, 3.05) is 13.2 Å². The molecule has 0 aliphatic carbocycles. The summed E-state index contributed by atoms with van der Waals surface area (Å²) >= 11 is 5.03. The quantitative estimate of drug-likeness (QED) is 0.676. The molecule has 0 radical (unpaired) electrons. The Hall–Kier alpha value is -0.350. The summed E-state index contributed by atoms with van der Waals surface area (Å²) in [4.78, 5) is 0. The van der Waals surface area contributed by atoms with Crippen LogP contribution in [-0.4, -0.2) is 18.9 Å². The average Bonchev–Trinajstić information content (AvgIpc) is 2.39. The lowest BCUT2D eigenvalue weighted by Gasteiger charge is -2.33. The van der Waals surface area contributed by atoms with Crippen LogP contribution in [0, 0.1) is 0 Å². The fourth-order valence-corrected chi connectivity index (χ4v) is 4.56. The Morgan fingerprint density at radius 1 is 1.16 bits per heavy atom. The highest BCUT2D eigenvalue weighted by atomic mass is 32.5. The number of benzene rings is 1. The van der Waals surface area contributed by atoms with Gasteiger partial charge in [-0.1, -0.05) is 37.3 Å². The van der Waals surface area contributed by atoms with Crippen LogP contribution in [-0.2, 0) is 20.9 Å². The Kier molecular flexibility index (Phi) is 6.06. The van der Waals surface area contributed by atoms with Crippen molar-refractivity contribution in [1.82, 2.24) is 0 Å². The molecule has 0 N–H and O–H groups in total. The summed E-state index contributed by atoms with van der Waals surface area (Å²) in [6.45, 7) is 1.33. The monoisotopic (exact) mass is 308 g/mol. The summed E-state index contributed by atoms with van der Waals surface area (Å²) in [6, 6.07) is 8.57. The van der Waals surface area contributed by atoms with Gasteiger partial charge in [0.25, 0.3) is 6.49 Å². The molecule has 0 saturated carbocycles. The summed E-state index contributed by atoms with van der Waals surface area (Å²) in [5.74, 6) is -1.04. The van der Waals surface area contributed by atoms with Crippen LogP contribution < -0.4 is 0 Å². The fraction of sp³-hybridized carbons (Fsp3) is 0.538. The number of rotatable bonds is 7. The predicted octanol–water partition coefficient (Wildman–Crippen LogP) is 4.77. The Morgan fingerprint density at radius 2 is 1.63 bits per heavy atom. The summed E-state index contributed by atoms with van der Waals surface area (Å²) in [5.41, 5.74) is -2.67. The van der Waals surface area contributed by atoms with Gasteiger partial charge < -0.3 is 9.05 Å². The zero-order valence-corrected chi connectivity index (χ0v) is 13.0. The normalized spacial score (nSPS) is 14.4. The molecule has 1 unspecified atom stereocenters. The summed E-state index contributed by atoms with van der Waals surface area (Å²) < 4.78 is 39.5. The third-order valence-corrected chi connectivity index (χ3v) is 6.46. The van der Waals surface area contributed by atoms with E-state index < -0.39 is 18.1 Å². The Balaban J connectivity index is 3.09. The van der Waals surface area contributed by atoms with Crippen LogP contribution in [0.3, 0.4) is 0 Å². The largest absolute Gasteiger partial charge is 0.327 e. The Bertz CT molecular complexity index is 430. The number of halogens is 2. The van der Waals surface area contributed by atoms with Gasteiger partial charge >= 0.3 is 5.66 Å². The van der Waals surface area contributed by atoms with Crippen LogP contribution in [0.15, 0.2) is 30.3 Å². The van der Waals surface area contributed by atoms with Gasteiger partial charge in [-0.25, -0.2) is 0 Å². The first-order valence-corrected chi connectivity index (χ1v) is 8.84. The van der Waals surface area contributed by atoms with E-state index in [-0.39, 0.29) is 13.2 Å². The van der Waals surface area contributed by atoms with E-state index in [9.17, 15) is 8.78 Å². The lowest BCUT2D eigenvalue weighted by atomic mass is 10.0. The van der Waals surface area contributed by atoms with Gasteiger partial charge in [0, 0.05) is 0 Å². The minimum absolute atomic E-state index is 0.119. The van der Waals surface area contributed by atoms with Gasteiger partial charge in [0.1, 0.15) is 0 Å². The highest BCUT2D eigenvalue weighted by Gasteiger charge is 2.53. The fourth-order valence-electron chi connectivity index (χ4n) is 1.73. The topological polar surface area (TPSA) is 18.5 Å². The van der Waals surface area contributed by atoms with Crippen molar-refractivity contribution in [2.24, 2.45) is 0 Å². The SMILES string of the molecule is CCOP(=S)(OCC)C(F)(F)C(C)c1ccccc1. The second kappa shape index (κ2) is 6.89. The predicted molar refractivity (Wildman–Crippen MR) is 77.3 cm³/mol. The number of hydrogen-bond donors (Lipinski definition) is 0. The van der Waals surface area contributed by atoms with Gasteiger partial charge in [-0.2, -0.15) is 8.78 Å². The zero-order chi connectivity index (χ0) is 14.5. The maximum absolute atomic E-state index is 14.6. The molecule has 108 valence electrons. The van der Waals surface area contributed by atoms with Crippen LogP contribution in [0.25, 0.3) is 0 Å². The molecule has 19 heavy (non-hydrogen) atoms. The van der Waals surface area contributed by atoms with Crippen LogP contribution in [0.1, 0.15) is 32.3 Å². The van der Waals surface area contributed by atoms with E-state index in [2.05, 4.69) is 0 Å². The molecule has 1 aromatic rings. The van der Waals surface area contributed by atoms with E-state index in [0.29, 0.717) is 5.56 Å². The standard InChI is InChI=1S/C13H19F2O2PS/c1-4-16-18(19,17-5-2)13(14,15)11(3)12-9-7-6-8-10-12/h6-11H,4-5H2,1-3H3. The number of alkyl halides is 2. The van der Waals surface area contributed by atoms with Gasteiger partial charge in [0.2, 0.25) is 0 Å². The van der Waals surface area contributed by atoms with Crippen LogP contribution in [0.5, 0.6) is 0 Å². The van der Waals surface area contributed by atoms with Crippen molar-refractivity contribution in [3.8, 4) is 0 Å². The highest BCUT2D eigenvalue weighted by Crippen LogP contribution is 2.66. The maximum atomic E-state index is 14.6. The van der Waals surface area contributed by atoms with Gasteiger partial charge in [0.05, 0.1) is 19.1 Å². The molecule has 0 saturated heterocycles. The first kappa shape index (κ1) is 16.7. The van der Waals surface area contributed by atoms with E-state index in [1.807, 2.05) is 0 Å². The number of hydrogen-bond acceptors (Lipinski definition) is 3. The van der Waals surface area contributed by atoms with Gasteiger partial charge in [-0.05, 0) is 31.2 Å². The minimum Gasteiger partial charge on any atom is -0.325 e. The zero-order valence-electron chi connectivity index (χ0n) is 11.3. The Morgan fingerprint density at radius 3 is 2.05 bits per heavy atom. The molecule has 0 aromatic heterocycles. The van der Waals surface area contributed by atoms with E-state index in [0.717, 1.165) is 0 Å². The van der Waals surface area contributed by atoms with Crippen molar-refractivity contribution in [3.05, 3.63) is 35.9 Å².